The molecule has 2 aromatic rings. The van der Waals surface area contributed by atoms with Crippen molar-refractivity contribution in [3.8, 4) is 0 Å². The Morgan fingerprint density at radius 3 is 3.08 bits per heavy atom. The molecule has 24 heavy (non-hydrogen) atoms. The van der Waals surface area contributed by atoms with Gasteiger partial charge in [0.25, 0.3) is 0 Å². The fraction of sp³-hybridized carbons (Fsp3) is 0.667. The number of aromatic nitrogens is 6. The van der Waals surface area contributed by atoms with Crippen molar-refractivity contribution in [1.29, 1.82) is 0 Å². The number of hydrogen-bond acceptors (Lipinski definition) is 8. The van der Waals surface area contributed by atoms with Crippen LogP contribution >= 0.6 is 0 Å². The summed E-state index contributed by atoms with van der Waals surface area (Å²) >= 11 is 0. The molecule has 1 aliphatic rings. The minimum atomic E-state index is 0.126. The summed E-state index contributed by atoms with van der Waals surface area (Å²) in [5.74, 6) is 1.77. The molecule has 0 spiro atoms. The van der Waals surface area contributed by atoms with Gasteiger partial charge in [-0.2, -0.15) is 5.10 Å². The van der Waals surface area contributed by atoms with E-state index in [2.05, 4.69) is 42.4 Å². The fourth-order valence-corrected chi connectivity index (χ4v) is 2.85. The van der Waals surface area contributed by atoms with Crippen molar-refractivity contribution >= 4 is 5.82 Å². The normalized spacial score (nSPS) is 18.7. The lowest BCUT2D eigenvalue weighted by Crippen LogP contribution is -2.47. The lowest BCUT2D eigenvalue weighted by atomic mass is 10.2. The average molecular weight is 332 g/mol. The van der Waals surface area contributed by atoms with Gasteiger partial charge in [0.15, 0.2) is 11.6 Å². The third-order valence-corrected chi connectivity index (χ3v) is 4.06. The third-order valence-electron chi connectivity index (χ3n) is 4.06. The highest BCUT2D eigenvalue weighted by Crippen LogP contribution is 2.13. The molecule has 3 heterocycles. The van der Waals surface area contributed by atoms with E-state index in [4.69, 9.17) is 4.74 Å². The molecule has 1 saturated heterocycles. The molecule has 9 heteroatoms. The van der Waals surface area contributed by atoms with Crippen LogP contribution in [0.15, 0.2) is 18.3 Å². The van der Waals surface area contributed by atoms with Gasteiger partial charge < -0.3 is 9.64 Å². The maximum absolute atomic E-state index is 5.91. The van der Waals surface area contributed by atoms with Gasteiger partial charge in [-0.3, -0.25) is 4.90 Å². The van der Waals surface area contributed by atoms with Crippen LogP contribution in [0.5, 0.6) is 0 Å². The zero-order chi connectivity index (χ0) is 16.8. The Morgan fingerprint density at radius 1 is 1.38 bits per heavy atom. The van der Waals surface area contributed by atoms with Gasteiger partial charge in [-0.1, -0.05) is 6.92 Å². The van der Waals surface area contributed by atoms with Gasteiger partial charge in [0.1, 0.15) is 0 Å². The number of rotatable bonds is 7. The van der Waals surface area contributed by atoms with Crippen molar-refractivity contribution in [2.24, 2.45) is 0 Å². The first-order chi connectivity index (χ1) is 11.8. The molecule has 1 aliphatic heterocycles. The summed E-state index contributed by atoms with van der Waals surface area (Å²) in [4.78, 5) is 4.42. The van der Waals surface area contributed by atoms with Gasteiger partial charge >= 0.3 is 0 Å². The number of likely N-dealkylation sites (N-methyl/N-ethyl adjacent to an activating group) is 1. The first-order valence-electron chi connectivity index (χ1n) is 8.34. The molecule has 9 nitrogen and oxygen atoms in total. The van der Waals surface area contributed by atoms with E-state index >= 15 is 0 Å². The van der Waals surface area contributed by atoms with Crippen molar-refractivity contribution in [2.75, 3.05) is 38.2 Å². The van der Waals surface area contributed by atoms with E-state index in [9.17, 15) is 0 Å². The van der Waals surface area contributed by atoms with Crippen LogP contribution in [0.1, 0.15) is 19.2 Å². The number of morpholine rings is 1. The Bertz CT molecular complexity index is 619. The molecule has 1 fully saturated rings. The van der Waals surface area contributed by atoms with Gasteiger partial charge in [0.2, 0.25) is 0 Å². The van der Waals surface area contributed by atoms with Gasteiger partial charge in [-0.25, -0.2) is 4.68 Å². The van der Waals surface area contributed by atoms with E-state index in [1.807, 2.05) is 23.9 Å². The second kappa shape index (κ2) is 8.11. The Hall–Kier alpha value is -2.13. The summed E-state index contributed by atoms with van der Waals surface area (Å²) < 4.78 is 7.79. The van der Waals surface area contributed by atoms with Crippen molar-refractivity contribution < 1.29 is 4.74 Å². The molecule has 3 rings (SSSR count). The Balaban J connectivity index is 1.55. The summed E-state index contributed by atoms with van der Waals surface area (Å²) in [5.41, 5.74) is 0. The van der Waals surface area contributed by atoms with E-state index in [-0.39, 0.29) is 6.10 Å². The fourth-order valence-electron chi connectivity index (χ4n) is 2.85. The predicted octanol–water partition coefficient (Wildman–Crippen LogP) is 0.210. The van der Waals surface area contributed by atoms with Crippen LogP contribution in [0.3, 0.4) is 0 Å². The quantitative estimate of drug-likeness (QED) is 0.711. The monoisotopic (exact) mass is 332 g/mol. The second-order valence-corrected chi connectivity index (χ2v) is 6.01. The molecular formula is C15H24N8O. The summed E-state index contributed by atoms with van der Waals surface area (Å²) in [7, 11) is 2.01. The van der Waals surface area contributed by atoms with Crippen LogP contribution in [0.4, 0.5) is 5.82 Å². The van der Waals surface area contributed by atoms with Crippen LogP contribution < -0.4 is 4.90 Å². The van der Waals surface area contributed by atoms with Crippen LogP contribution in [0, 0.1) is 0 Å². The summed E-state index contributed by atoms with van der Waals surface area (Å²) in [6, 6.07) is 3.84. The lowest BCUT2D eigenvalue weighted by Gasteiger charge is -2.34. The number of aryl methyl sites for hydroxylation is 1. The van der Waals surface area contributed by atoms with Gasteiger partial charge in [0.05, 0.1) is 19.3 Å². The predicted molar refractivity (Wildman–Crippen MR) is 88.4 cm³/mol. The molecule has 0 radical (unpaired) electrons. The zero-order valence-corrected chi connectivity index (χ0v) is 14.2. The Labute approximate surface area is 141 Å². The van der Waals surface area contributed by atoms with E-state index in [0.717, 1.165) is 50.8 Å². The first-order valence-corrected chi connectivity index (χ1v) is 8.34. The van der Waals surface area contributed by atoms with Gasteiger partial charge in [0, 0.05) is 39.4 Å². The van der Waals surface area contributed by atoms with Gasteiger partial charge in [-0.05, 0) is 29.0 Å². The van der Waals surface area contributed by atoms with Crippen molar-refractivity contribution in [3.63, 3.8) is 0 Å². The maximum atomic E-state index is 5.91. The largest absolute Gasteiger partial charge is 0.374 e. The highest BCUT2D eigenvalue weighted by Gasteiger charge is 2.23. The molecule has 0 bridgehead atoms. The third kappa shape index (κ3) is 4.24. The molecule has 2 aromatic heterocycles. The number of hydrogen-bond donors (Lipinski definition) is 0. The molecule has 130 valence electrons. The van der Waals surface area contributed by atoms with Crippen LogP contribution in [-0.4, -0.2) is 74.7 Å². The zero-order valence-electron chi connectivity index (χ0n) is 14.2. The second-order valence-electron chi connectivity index (χ2n) is 6.01. The standard InChI is InChI=1S/C15H24N8O/c1-3-7-23-15(18-19-20-23)12-22-8-9-24-13(11-22)10-21(2)14-5-4-6-16-17-14/h4-6,13H,3,7-12H2,1-2H3/t13-/m0/s1. The highest BCUT2D eigenvalue weighted by atomic mass is 16.5. The minimum Gasteiger partial charge on any atom is -0.374 e. The Morgan fingerprint density at radius 2 is 2.29 bits per heavy atom. The van der Waals surface area contributed by atoms with E-state index in [0.29, 0.717) is 6.61 Å². The molecular weight excluding hydrogens is 308 g/mol. The van der Waals surface area contributed by atoms with Crippen LogP contribution in [-0.2, 0) is 17.8 Å². The molecule has 1 atom stereocenters. The molecule has 0 aromatic carbocycles. The maximum Gasteiger partial charge on any atom is 0.165 e. The van der Waals surface area contributed by atoms with Crippen LogP contribution in [0.2, 0.25) is 0 Å². The molecule has 0 saturated carbocycles. The lowest BCUT2D eigenvalue weighted by molar-refractivity contribution is -0.0276. The first kappa shape index (κ1) is 16.7. The SMILES string of the molecule is CCCn1nnnc1CN1CCO[C@@H](CN(C)c2cccnn2)C1. The highest BCUT2D eigenvalue weighted by molar-refractivity contribution is 5.35. The molecule has 0 unspecified atom stereocenters. The molecule has 0 N–H and O–H groups in total. The summed E-state index contributed by atoms with van der Waals surface area (Å²) in [5, 5.41) is 20.1. The van der Waals surface area contributed by atoms with Crippen LogP contribution in [0.25, 0.3) is 0 Å². The summed E-state index contributed by atoms with van der Waals surface area (Å²) in [6.45, 7) is 6.96. The number of tetrazole rings is 1. The van der Waals surface area contributed by atoms with E-state index < -0.39 is 0 Å². The Kier molecular flexibility index (Phi) is 5.65. The van der Waals surface area contributed by atoms with Crippen molar-refractivity contribution in [1.82, 2.24) is 35.3 Å². The number of anilines is 1. The van der Waals surface area contributed by atoms with E-state index in [1.54, 1.807) is 6.20 Å². The number of nitrogens with zero attached hydrogens (tertiary/aromatic N) is 8. The summed E-state index contributed by atoms with van der Waals surface area (Å²) in [6.07, 6.45) is 2.82. The molecule has 0 amide bonds. The topological polar surface area (TPSA) is 85.1 Å². The van der Waals surface area contributed by atoms with Gasteiger partial charge in [-0.15, -0.1) is 10.2 Å². The average Bonchev–Trinajstić information content (AvgIpc) is 3.03. The van der Waals surface area contributed by atoms with Crippen molar-refractivity contribution in [2.45, 2.75) is 32.5 Å². The minimum absolute atomic E-state index is 0.126. The smallest absolute Gasteiger partial charge is 0.165 e. The number of ether oxygens (including phenoxy) is 1. The van der Waals surface area contributed by atoms with E-state index in [1.165, 1.54) is 0 Å². The molecule has 0 aliphatic carbocycles. The van der Waals surface area contributed by atoms with Crippen molar-refractivity contribution in [3.05, 3.63) is 24.2 Å².